The molecule has 0 amide bonds. The number of rotatable bonds is 7. The number of ether oxygens (including phenoxy) is 1. The third kappa shape index (κ3) is 4.60. The Morgan fingerprint density at radius 1 is 0.938 bits per heavy atom. The molecular formula is C26H25NO4S. The van der Waals surface area contributed by atoms with Gasteiger partial charge in [-0.2, -0.15) is 0 Å². The van der Waals surface area contributed by atoms with Crippen LogP contribution in [0.25, 0.3) is 0 Å². The molecule has 1 unspecified atom stereocenters. The molecule has 6 heteroatoms. The average molecular weight is 448 g/mol. The highest BCUT2D eigenvalue weighted by molar-refractivity contribution is 7.89. The highest BCUT2D eigenvalue weighted by Gasteiger charge is 2.38. The van der Waals surface area contributed by atoms with E-state index in [0.29, 0.717) is 24.2 Å². The van der Waals surface area contributed by atoms with Crippen LogP contribution >= 0.6 is 0 Å². The van der Waals surface area contributed by atoms with Crippen molar-refractivity contribution in [3.63, 3.8) is 0 Å². The van der Waals surface area contributed by atoms with Crippen molar-refractivity contribution in [1.82, 2.24) is 4.31 Å². The fourth-order valence-electron chi connectivity index (χ4n) is 3.80. The normalized spacial score (nSPS) is 14.7. The highest BCUT2D eigenvalue weighted by Crippen LogP contribution is 2.36. The summed E-state index contributed by atoms with van der Waals surface area (Å²) in [5.41, 5.74) is 2.99. The molecule has 164 valence electrons. The lowest BCUT2D eigenvalue weighted by atomic mass is 9.96. The first-order chi connectivity index (χ1) is 15.5. The van der Waals surface area contributed by atoms with Gasteiger partial charge >= 0.3 is 5.97 Å². The summed E-state index contributed by atoms with van der Waals surface area (Å²) in [7, 11) is -3.80. The van der Waals surface area contributed by atoms with E-state index in [1.54, 1.807) is 24.3 Å². The molecule has 1 heterocycles. The van der Waals surface area contributed by atoms with E-state index in [-0.39, 0.29) is 11.5 Å². The Labute approximate surface area is 189 Å². The Hall–Kier alpha value is -3.38. The minimum absolute atomic E-state index is 0.126. The summed E-state index contributed by atoms with van der Waals surface area (Å²) < 4.78 is 33.8. The van der Waals surface area contributed by atoms with Crippen molar-refractivity contribution in [3.05, 3.63) is 113 Å². The van der Waals surface area contributed by atoms with E-state index < -0.39 is 21.9 Å². The topological polar surface area (TPSA) is 63.7 Å². The molecular weight excluding hydrogens is 422 g/mol. The lowest BCUT2D eigenvalue weighted by Crippen LogP contribution is -2.33. The maximum absolute atomic E-state index is 13.4. The number of nitrogens with zero attached hydrogens (tertiary/aromatic N) is 1. The average Bonchev–Trinajstić information content (AvgIpc) is 3.30. The van der Waals surface area contributed by atoms with Crippen LogP contribution in [-0.2, 0) is 26.2 Å². The summed E-state index contributed by atoms with van der Waals surface area (Å²) >= 11 is 0. The largest absolute Gasteiger partial charge is 0.460 e. The molecule has 0 aliphatic carbocycles. The van der Waals surface area contributed by atoms with Crippen molar-refractivity contribution >= 4 is 16.0 Å². The number of sulfonamides is 1. The van der Waals surface area contributed by atoms with Gasteiger partial charge in [0.2, 0.25) is 0 Å². The second-order valence-electron chi connectivity index (χ2n) is 7.74. The summed E-state index contributed by atoms with van der Waals surface area (Å²) in [6.07, 6.45) is 2.36. The molecule has 4 rings (SSSR count). The predicted octanol–water partition coefficient (Wildman–Crippen LogP) is 4.80. The lowest BCUT2D eigenvalue weighted by Gasteiger charge is -2.27. The molecule has 0 bridgehead atoms. The van der Waals surface area contributed by atoms with Gasteiger partial charge in [-0.05, 0) is 36.6 Å². The zero-order valence-corrected chi connectivity index (χ0v) is 18.7. The van der Waals surface area contributed by atoms with E-state index in [4.69, 9.17) is 4.74 Å². The molecule has 3 aromatic carbocycles. The van der Waals surface area contributed by atoms with Crippen molar-refractivity contribution in [2.75, 3.05) is 6.54 Å². The second-order valence-corrected chi connectivity index (χ2v) is 9.61. The quantitative estimate of drug-likeness (QED) is 0.488. The molecule has 0 aromatic heterocycles. The summed E-state index contributed by atoms with van der Waals surface area (Å²) in [4.78, 5) is 13.5. The summed E-state index contributed by atoms with van der Waals surface area (Å²) in [6, 6.07) is 25.4. The van der Waals surface area contributed by atoms with Gasteiger partial charge < -0.3 is 4.74 Å². The summed E-state index contributed by atoms with van der Waals surface area (Å²) in [6.45, 7) is 2.33. The fraction of sp³-hybridized carbons (Fsp3) is 0.192. The van der Waals surface area contributed by atoms with Crippen molar-refractivity contribution in [1.29, 1.82) is 0 Å². The molecule has 0 saturated heterocycles. The van der Waals surface area contributed by atoms with Crippen LogP contribution in [0.1, 0.15) is 29.0 Å². The van der Waals surface area contributed by atoms with Crippen LogP contribution in [-0.4, -0.2) is 25.2 Å². The monoisotopic (exact) mass is 447 g/mol. The van der Waals surface area contributed by atoms with Gasteiger partial charge in [0, 0.05) is 12.2 Å². The molecule has 1 aliphatic heterocycles. The summed E-state index contributed by atoms with van der Waals surface area (Å²) in [5.74, 6) is -1.31. The Kier molecular flexibility index (Phi) is 6.42. The van der Waals surface area contributed by atoms with Gasteiger partial charge in [0.15, 0.2) is 0 Å². The number of hydrogen-bond acceptors (Lipinski definition) is 4. The minimum atomic E-state index is -3.80. The Balaban J connectivity index is 1.66. The molecule has 1 atom stereocenters. The minimum Gasteiger partial charge on any atom is -0.460 e. The standard InChI is InChI=1S/C26H25NO4S/c1-20-14-16-23(17-15-20)32(29,30)27-18-8-13-24(27)25(22-11-6-3-7-12-22)26(28)31-19-21-9-4-2-5-10-21/h2-7,9-17,25H,8,18-19H2,1H3. The van der Waals surface area contributed by atoms with Gasteiger partial charge in [0.05, 0.1) is 4.90 Å². The maximum atomic E-state index is 13.4. The van der Waals surface area contributed by atoms with Crippen molar-refractivity contribution in [2.45, 2.75) is 30.8 Å². The SMILES string of the molecule is Cc1ccc(S(=O)(=O)N2CCC=C2C(C(=O)OCc2ccccc2)c2ccccc2)cc1. The Morgan fingerprint density at radius 2 is 1.56 bits per heavy atom. The molecule has 5 nitrogen and oxygen atoms in total. The van der Waals surface area contributed by atoms with E-state index in [9.17, 15) is 13.2 Å². The third-order valence-corrected chi connectivity index (χ3v) is 7.31. The molecule has 0 spiro atoms. The zero-order chi connectivity index (χ0) is 22.6. The third-order valence-electron chi connectivity index (χ3n) is 5.47. The van der Waals surface area contributed by atoms with E-state index in [2.05, 4.69) is 0 Å². The van der Waals surface area contributed by atoms with Crippen LogP contribution in [0.2, 0.25) is 0 Å². The molecule has 0 fully saturated rings. The molecule has 3 aromatic rings. The van der Waals surface area contributed by atoms with Crippen LogP contribution in [0.4, 0.5) is 0 Å². The highest BCUT2D eigenvalue weighted by atomic mass is 32.2. The van der Waals surface area contributed by atoms with Gasteiger partial charge in [-0.3, -0.25) is 9.10 Å². The van der Waals surface area contributed by atoms with Gasteiger partial charge in [0.1, 0.15) is 12.5 Å². The van der Waals surface area contributed by atoms with Crippen molar-refractivity contribution < 1.29 is 17.9 Å². The Bertz CT molecular complexity index is 1200. The van der Waals surface area contributed by atoms with Gasteiger partial charge in [-0.25, -0.2) is 8.42 Å². The number of aryl methyl sites for hydroxylation is 1. The van der Waals surface area contributed by atoms with Crippen molar-refractivity contribution in [2.24, 2.45) is 0 Å². The van der Waals surface area contributed by atoms with Crippen LogP contribution in [0.15, 0.2) is 102 Å². The van der Waals surface area contributed by atoms with Crippen molar-refractivity contribution in [3.8, 4) is 0 Å². The first-order valence-electron chi connectivity index (χ1n) is 10.5. The maximum Gasteiger partial charge on any atom is 0.319 e. The van der Waals surface area contributed by atoms with Crippen LogP contribution in [0.3, 0.4) is 0 Å². The summed E-state index contributed by atoms with van der Waals surface area (Å²) in [5, 5.41) is 0. The van der Waals surface area contributed by atoms with Gasteiger partial charge in [-0.15, -0.1) is 0 Å². The zero-order valence-electron chi connectivity index (χ0n) is 17.8. The van der Waals surface area contributed by atoms with E-state index in [1.165, 1.54) is 4.31 Å². The molecule has 0 saturated carbocycles. The van der Waals surface area contributed by atoms with Crippen LogP contribution < -0.4 is 0 Å². The lowest BCUT2D eigenvalue weighted by molar-refractivity contribution is -0.146. The number of hydrogen-bond donors (Lipinski definition) is 0. The first-order valence-corrected chi connectivity index (χ1v) is 12.0. The van der Waals surface area contributed by atoms with Crippen LogP contribution in [0, 0.1) is 6.92 Å². The second kappa shape index (κ2) is 9.40. The fourth-order valence-corrected chi connectivity index (χ4v) is 5.34. The molecule has 0 radical (unpaired) electrons. The first kappa shape index (κ1) is 21.8. The van der Waals surface area contributed by atoms with Crippen LogP contribution in [0.5, 0.6) is 0 Å². The number of carbonyl (C=O) groups is 1. The van der Waals surface area contributed by atoms with E-state index in [1.807, 2.05) is 73.7 Å². The molecule has 1 aliphatic rings. The van der Waals surface area contributed by atoms with Gasteiger partial charge in [0.25, 0.3) is 10.0 Å². The molecule has 32 heavy (non-hydrogen) atoms. The Morgan fingerprint density at radius 3 is 2.22 bits per heavy atom. The number of benzene rings is 3. The predicted molar refractivity (Wildman–Crippen MR) is 123 cm³/mol. The molecule has 0 N–H and O–H groups in total. The number of carbonyl (C=O) groups excluding carboxylic acids is 1. The van der Waals surface area contributed by atoms with Gasteiger partial charge in [-0.1, -0.05) is 84.4 Å². The van der Waals surface area contributed by atoms with E-state index in [0.717, 1.165) is 11.1 Å². The smallest absolute Gasteiger partial charge is 0.319 e. The number of esters is 1. The van der Waals surface area contributed by atoms with E-state index >= 15 is 0 Å².